The van der Waals surface area contributed by atoms with Gasteiger partial charge < -0.3 is 10.7 Å². The number of nitrogens with two attached hydrogens (primary N) is 1. The van der Waals surface area contributed by atoms with Crippen molar-refractivity contribution in [3.05, 3.63) is 11.5 Å². The van der Waals surface area contributed by atoms with E-state index in [9.17, 15) is 4.79 Å². The van der Waals surface area contributed by atoms with E-state index in [0.717, 1.165) is 0 Å². The summed E-state index contributed by atoms with van der Waals surface area (Å²) in [5, 5.41) is 2.78. The first-order chi connectivity index (χ1) is 9.00. The minimum atomic E-state index is -0.934. The normalized spacial score (nSPS) is 11.8. The molecule has 2 aromatic rings. The van der Waals surface area contributed by atoms with Crippen LogP contribution in [-0.2, 0) is 4.79 Å². The highest BCUT2D eigenvalue weighted by Crippen LogP contribution is 2.19. The third kappa shape index (κ3) is 2.52. The summed E-state index contributed by atoms with van der Waals surface area (Å²) < 4.78 is 0. The van der Waals surface area contributed by atoms with Gasteiger partial charge in [0.1, 0.15) is 5.52 Å². The second-order valence-corrected chi connectivity index (χ2v) is 4.61. The van der Waals surface area contributed by atoms with Gasteiger partial charge in [0.15, 0.2) is 10.8 Å². The molecule has 19 heavy (non-hydrogen) atoms. The number of amides is 1. The van der Waals surface area contributed by atoms with Crippen molar-refractivity contribution in [1.29, 1.82) is 0 Å². The van der Waals surface area contributed by atoms with E-state index < -0.39 is 5.54 Å². The van der Waals surface area contributed by atoms with Gasteiger partial charge in [-0.2, -0.15) is 9.97 Å². The fraction of sp³-hybridized carbons (Fsp3) is 0.455. The van der Waals surface area contributed by atoms with Gasteiger partial charge in [0.2, 0.25) is 11.9 Å². The van der Waals surface area contributed by atoms with Gasteiger partial charge in [0.05, 0.1) is 11.9 Å². The Kier molecular flexibility index (Phi) is 3.68. The maximum Gasteiger partial charge on any atom is 0.246 e. The molecule has 0 bridgehead atoms. The first-order valence-electron chi connectivity index (χ1n) is 5.97. The van der Waals surface area contributed by atoms with Crippen LogP contribution in [0.2, 0.25) is 5.15 Å². The topological polar surface area (TPSA) is 110 Å². The molecule has 0 unspecified atom stereocenters. The average Bonchev–Trinajstić information content (AvgIpc) is 2.86. The lowest BCUT2D eigenvalue weighted by molar-refractivity contribution is -0.121. The second kappa shape index (κ2) is 5.10. The van der Waals surface area contributed by atoms with Gasteiger partial charge in [0, 0.05) is 0 Å². The van der Waals surface area contributed by atoms with E-state index in [1.165, 1.54) is 6.33 Å². The Morgan fingerprint density at radius 2 is 2.16 bits per heavy atom. The fourth-order valence-corrected chi connectivity index (χ4v) is 1.87. The minimum absolute atomic E-state index is 0.103. The van der Waals surface area contributed by atoms with E-state index in [1.807, 2.05) is 13.8 Å². The lowest BCUT2D eigenvalue weighted by Crippen LogP contribution is -2.50. The number of aromatic nitrogens is 4. The highest BCUT2D eigenvalue weighted by Gasteiger charge is 2.30. The van der Waals surface area contributed by atoms with E-state index in [2.05, 4.69) is 25.3 Å². The molecule has 2 rings (SSSR count). The molecule has 0 saturated heterocycles. The number of hydrogen-bond donors (Lipinski definition) is 3. The molecular formula is C11H15ClN6O. The summed E-state index contributed by atoms with van der Waals surface area (Å²) in [4.78, 5) is 27.0. The summed E-state index contributed by atoms with van der Waals surface area (Å²) in [6.45, 7) is 3.71. The molecule has 0 radical (unpaired) electrons. The Balaban J connectivity index is 2.28. The van der Waals surface area contributed by atoms with Crippen molar-refractivity contribution in [1.82, 2.24) is 19.9 Å². The van der Waals surface area contributed by atoms with Gasteiger partial charge in [-0.25, -0.2) is 4.98 Å². The zero-order valence-corrected chi connectivity index (χ0v) is 11.5. The first-order valence-corrected chi connectivity index (χ1v) is 6.35. The van der Waals surface area contributed by atoms with Crippen molar-refractivity contribution < 1.29 is 4.79 Å². The summed E-state index contributed by atoms with van der Waals surface area (Å²) >= 11 is 5.96. The fourth-order valence-electron chi connectivity index (χ4n) is 1.65. The van der Waals surface area contributed by atoms with Crippen molar-refractivity contribution in [3.8, 4) is 0 Å². The van der Waals surface area contributed by atoms with Crippen LogP contribution < -0.4 is 11.1 Å². The van der Waals surface area contributed by atoms with Crippen LogP contribution in [0.3, 0.4) is 0 Å². The van der Waals surface area contributed by atoms with Crippen LogP contribution >= 0.6 is 11.6 Å². The molecule has 0 aliphatic rings. The monoisotopic (exact) mass is 282 g/mol. The molecule has 0 aliphatic carbocycles. The van der Waals surface area contributed by atoms with Crippen LogP contribution in [0.5, 0.6) is 0 Å². The number of nitrogens with one attached hydrogen (secondary N) is 2. The maximum atomic E-state index is 12.1. The average molecular weight is 283 g/mol. The molecule has 0 fully saturated rings. The molecule has 7 nitrogen and oxygen atoms in total. The van der Waals surface area contributed by atoms with Gasteiger partial charge in [-0.1, -0.05) is 25.4 Å². The van der Waals surface area contributed by atoms with Gasteiger partial charge in [-0.3, -0.25) is 10.1 Å². The number of carbonyl (C=O) groups excluding carboxylic acids is 1. The highest BCUT2D eigenvalue weighted by atomic mass is 35.5. The molecule has 2 aromatic heterocycles. The molecule has 4 N–H and O–H groups in total. The zero-order valence-electron chi connectivity index (χ0n) is 10.7. The number of halogens is 1. The highest BCUT2D eigenvalue weighted by molar-refractivity contribution is 6.33. The Labute approximate surface area is 115 Å². The van der Waals surface area contributed by atoms with Crippen LogP contribution in [0.25, 0.3) is 11.2 Å². The largest absolute Gasteiger partial charge is 0.341 e. The van der Waals surface area contributed by atoms with Crippen LogP contribution in [-0.4, -0.2) is 31.4 Å². The molecular weight excluding hydrogens is 268 g/mol. The van der Waals surface area contributed by atoms with Crippen molar-refractivity contribution in [2.45, 2.75) is 32.2 Å². The second-order valence-electron chi connectivity index (χ2n) is 4.26. The molecule has 1 amide bonds. The number of hydrogen-bond acceptors (Lipinski definition) is 5. The predicted molar refractivity (Wildman–Crippen MR) is 72.8 cm³/mol. The first kappa shape index (κ1) is 13.7. The lowest BCUT2D eigenvalue weighted by atomic mass is 9.93. The van der Waals surface area contributed by atoms with Crippen molar-refractivity contribution in [3.63, 3.8) is 0 Å². The quantitative estimate of drug-likeness (QED) is 0.736. The van der Waals surface area contributed by atoms with Crippen molar-refractivity contribution >= 4 is 34.6 Å². The number of rotatable bonds is 4. The van der Waals surface area contributed by atoms with Crippen molar-refractivity contribution in [2.24, 2.45) is 5.73 Å². The Hall–Kier alpha value is -1.73. The maximum absolute atomic E-state index is 12.1. The Morgan fingerprint density at radius 1 is 1.47 bits per heavy atom. The van der Waals surface area contributed by atoms with Gasteiger partial charge >= 0.3 is 0 Å². The minimum Gasteiger partial charge on any atom is -0.341 e. The summed E-state index contributed by atoms with van der Waals surface area (Å²) in [7, 11) is 0. The smallest absolute Gasteiger partial charge is 0.246 e. The van der Waals surface area contributed by atoms with E-state index in [4.69, 9.17) is 17.3 Å². The van der Waals surface area contributed by atoms with Gasteiger partial charge in [-0.15, -0.1) is 0 Å². The third-order valence-electron chi connectivity index (χ3n) is 3.18. The van der Waals surface area contributed by atoms with Crippen LogP contribution in [0, 0.1) is 0 Å². The van der Waals surface area contributed by atoms with E-state index in [0.29, 0.717) is 24.0 Å². The predicted octanol–water partition coefficient (Wildman–Crippen LogP) is 1.46. The zero-order chi connectivity index (χ0) is 14.0. The number of fused-ring (bicyclic) bond motifs is 1. The number of aromatic amines is 1. The summed E-state index contributed by atoms with van der Waals surface area (Å²) in [6.07, 6.45) is 2.50. The molecule has 2 heterocycles. The van der Waals surface area contributed by atoms with Gasteiger partial charge in [0.25, 0.3) is 0 Å². The third-order valence-corrected chi connectivity index (χ3v) is 3.45. The molecule has 8 heteroatoms. The molecule has 0 spiro atoms. The van der Waals surface area contributed by atoms with E-state index in [-0.39, 0.29) is 17.0 Å². The lowest BCUT2D eigenvalue weighted by Gasteiger charge is -2.24. The van der Waals surface area contributed by atoms with Crippen LogP contribution in [0.4, 0.5) is 5.95 Å². The van der Waals surface area contributed by atoms with E-state index >= 15 is 0 Å². The standard InChI is InChI=1S/C11H15ClN6O/c1-3-11(13,4-2)9(19)18-10-16-7(12)6-8(17-10)15-5-14-6/h5H,3-4,13H2,1-2H3,(H2,14,15,16,17,18,19). The molecule has 0 aliphatic heterocycles. The summed E-state index contributed by atoms with van der Waals surface area (Å²) in [6, 6.07) is 0. The molecule has 102 valence electrons. The number of nitrogens with zero attached hydrogens (tertiary/aromatic N) is 3. The number of carbonyl (C=O) groups is 1. The van der Waals surface area contributed by atoms with Crippen molar-refractivity contribution in [2.75, 3.05) is 5.32 Å². The van der Waals surface area contributed by atoms with E-state index in [1.54, 1.807) is 0 Å². The van der Waals surface area contributed by atoms with Crippen LogP contribution in [0.1, 0.15) is 26.7 Å². The van der Waals surface area contributed by atoms with Crippen LogP contribution in [0.15, 0.2) is 6.33 Å². The summed E-state index contributed by atoms with van der Waals surface area (Å²) in [5.74, 6) is -0.227. The van der Waals surface area contributed by atoms with Gasteiger partial charge in [-0.05, 0) is 12.8 Å². The molecule has 0 atom stereocenters. The number of imidazole rings is 1. The summed E-state index contributed by atoms with van der Waals surface area (Å²) in [5.41, 5.74) is 5.99. The number of anilines is 1. The molecule has 0 saturated carbocycles. The Bertz CT molecular complexity index is 606. The number of H-pyrrole nitrogens is 1. The Morgan fingerprint density at radius 3 is 2.79 bits per heavy atom. The SMILES string of the molecule is CCC(N)(CC)C(=O)Nc1nc(Cl)c2[nH]cnc2n1. The molecule has 0 aromatic carbocycles.